The van der Waals surface area contributed by atoms with E-state index in [9.17, 15) is 4.79 Å². The molecule has 0 aromatic heterocycles. The van der Waals surface area contributed by atoms with Gasteiger partial charge in [0.1, 0.15) is 0 Å². The van der Waals surface area contributed by atoms with E-state index in [1.807, 2.05) is 0 Å². The number of nitrogens with two attached hydrogens (primary N) is 4. The van der Waals surface area contributed by atoms with E-state index in [-0.39, 0.29) is 12.1 Å². The summed E-state index contributed by atoms with van der Waals surface area (Å²) in [6.45, 7) is 1.63. The van der Waals surface area contributed by atoms with Crippen LogP contribution < -0.4 is 28.3 Å². The van der Waals surface area contributed by atoms with E-state index in [0.717, 1.165) is 0 Å². The van der Waals surface area contributed by atoms with E-state index in [1.165, 1.54) is 6.92 Å². The van der Waals surface area contributed by atoms with E-state index in [2.05, 4.69) is 5.32 Å². The fourth-order valence-corrected chi connectivity index (χ4v) is 1.68. The molecule has 7 nitrogen and oxygen atoms in total. The monoisotopic (exact) mass is 217 g/mol. The van der Waals surface area contributed by atoms with Crippen LogP contribution >= 0.6 is 0 Å². The van der Waals surface area contributed by atoms with Crippen molar-refractivity contribution in [3.63, 3.8) is 0 Å². The van der Waals surface area contributed by atoms with Crippen LogP contribution in [0.3, 0.4) is 0 Å². The van der Waals surface area contributed by atoms with Crippen molar-refractivity contribution in [2.45, 2.75) is 37.3 Å². The van der Waals surface area contributed by atoms with Gasteiger partial charge in [-0.2, -0.15) is 0 Å². The van der Waals surface area contributed by atoms with Gasteiger partial charge in [0.2, 0.25) is 0 Å². The van der Waals surface area contributed by atoms with Crippen LogP contribution in [0, 0.1) is 0 Å². The highest BCUT2D eigenvalue weighted by Crippen LogP contribution is 2.11. The third kappa shape index (κ3) is 2.64. The second kappa shape index (κ2) is 4.86. The van der Waals surface area contributed by atoms with Crippen LogP contribution in [0.1, 0.15) is 6.92 Å². The van der Waals surface area contributed by atoms with Crippen LogP contribution in [0.2, 0.25) is 0 Å². The second-order valence-corrected chi connectivity index (χ2v) is 3.77. The van der Waals surface area contributed by atoms with Gasteiger partial charge in [-0.25, -0.2) is 0 Å². The normalized spacial score (nSPS) is 41.3. The van der Waals surface area contributed by atoms with Crippen molar-refractivity contribution in [3.05, 3.63) is 0 Å². The van der Waals surface area contributed by atoms with Gasteiger partial charge in [-0.3, -0.25) is 10.1 Å². The smallest absolute Gasteiger partial charge is 0.304 e. The molecule has 5 atom stereocenters. The highest BCUT2D eigenvalue weighted by Gasteiger charge is 2.40. The Morgan fingerprint density at radius 1 is 1.27 bits per heavy atom. The lowest BCUT2D eigenvalue weighted by atomic mass is 9.90. The molecule has 0 amide bonds. The lowest BCUT2D eigenvalue weighted by Gasteiger charge is -2.42. The molecule has 0 aliphatic carbocycles. The van der Waals surface area contributed by atoms with E-state index in [4.69, 9.17) is 27.7 Å². The fraction of sp³-hybridized carbons (Fsp3) is 0.875. The first-order valence-corrected chi connectivity index (χ1v) is 4.87. The van der Waals surface area contributed by atoms with Crippen LogP contribution in [0.5, 0.6) is 0 Å². The Morgan fingerprint density at radius 2 is 1.87 bits per heavy atom. The van der Waals surface area contributed by atoms with Gasteiger partial charge in [-0.1, -0.05) is 0 Å². The number of nitrogens with one attached hydrogen (secondary N) is 1. The minimum atomic E-state index is -0.620. The first kappa shape index (κ1) is 12.3. The summed E-state index contributed by atoms with van der Waals surface area (Å²) in [7, 11) is 0. The number of carbonyl (C=O) groups is 1. The van der Waals surface area contributed by atoms with Gasteiger partial charge in [0.05, 0.1) is 6.04 Å². The van der Waals surface area contributed by atoms with Crippen LogP contribution in [0.25, 0.3) is 0 Å². The van der Waals surface area contributed by atoms with E-state index >= 15 is 0 Å². The van der Waals surface area contributed by atoms with Gasteiger partial charge in [0, 0.05) is 31.6 Å². The zero-order valence-electron chi connectivity index (χ0n) is 8.72. The average Bonchev–Trinajstić information content (AvgIpc) is 2.18. The molecule has 1 aliphatic heterocycles. The maximum atomic E-state index is 10.8. The van der Waals surface area contributed by atoms with Gasteiger partial charge >= 0.3 is 5.97 Å². The van der Waals surface area contributed by atoms with Crippen LogP contribution in [-0.4, -0.2) is 42.9 Å². The Hall–Kier alpha value is -0.730. The molecule has 9 N–H and O–H groups in total. The molecular formula is C8H19N5O2. The van der Waals surface area contributed by atoms with E-state index < -0.39 is 24.3 Å². The van der Waals surface area contributed by atoms with Crippen LogP contribution in [-0.2, 0) is 9.53 Å². The third-order valence-corrected chi connectivity index (χ3v) is 2.63. The molecule has 1 rings (SSSR count). The molecule has 0 bridgehead atoms. The van der Waals surface area contributed by atoms with E-state index in [0.29, 0.717) is 6.54 Å². The van der Waals surface area contributed by atoms with Crippen molar-refractivity contribution in [2.75, 3.05) is 6.54 Å². The van der Waals surface area contributed by atoms with Crippen LogP contribution in [0.15, 0.2) is 0 Å². The molecule has 1 saturated heterocycles. The number of hydrogen-bond donors (Lipinski definition) is 5. The van der Waals surface area contributed by atoms with Gasteiger partial charge < -0.3 is 27.7 Å². The van der Waals surface area contributed by atoms with Crippen molar-refractivity contribution < 1.29 is 9.53 Å². The summed E-state index contributed by atoms with van der Waals surface area (Å²) < 4.78 is 4.99. The number of rotatable bonds is 2. The zero-order chi connectivity index (χ0) is 11.6. The van der Waals surface area contributed by atoms with Gasteiger partial charge in [-0.15, -0.1) is 0 Å². The first-order chi connectivity index (χ1) is 6.97. The summed E-state index contributed by atoms with van der Waals surface area (Å²) in [4.78, 5) is 10.8. The average molecular weight is 217 g/mol. The molecule has 1 fully saturated rings. The molecule has 0 saturated carbocycles. The van der Waals surface area contributed by atoms with Crippen molar-refractivity contribution >= 4 is 5.97 Å². The predicted molar refractivity (Wildman–Crippen MR) is 55.5 cm³/mol. The minimum absolute atomic E-state index is 0.191. The number of carbonyl (C=O) groups excluding carboxylic acids is 1. The minimum Gasteiger partial charge on any atom is -0.445 e. The number of esters is 1. The Bertz CT molecular complexity index is 235. The summed E-state index contributed by atoms with van der Waals surface area (Å²) in [6.07, 6.45) is -0.620. The summed E-state index contributed by atoms with van der Waals surface area (Å²) in [5, 5.41) is 2.97. The van der Waals surface area contributed by atoms with Crippen molar-refractivity contribution in [2.24, 2.45) is 22.9 Å². The summed E-state index contributed by atoms with van der Waals surface area (Å²) in [5.41, 5.74) is 23.0. The topological polar surface area (TPSA) is 142 Å². The lowest BCUT2D eigenvalue weighted by molar-refractivity contribution is -0.151. The Morgan fingerprint density at radius 3 is 2.33 bits per heavy atom. The molecule has 88 valence electrons. The quantitative estimate of drug-likeness (QED) is 0.306. The molecule has 15 heavy (non-hydrogen) atoms. The molecule has 0 aromatic rings. The second-order valence-electron chi connectivity index (χ2n) is 3.77. The Balaban J connectivity index is 2.69. The van der Waals surface area contributed by atoms with Crippen molar-refractivity contribution in [3.8, 4) is 0 Å². The summed E-state index contributed by atoms with van der Waals surface area (Å²) in [6, 6.07) is -1.49. The van der Waals surface area contributed by atoms with Crippen molar-refractivity contribution in [1.29, 1.82) is 0 Å². The first-order valence-electron chi connectivity index (χ1n) is 4.87. The maximum absolute atomic E-state index is 10.8. The van der Waals surface area contributed by atoms with Gasteiger partial charge in [0.25, 0.3) is 0 Å². The Labute approximate surface area is 88.5 Å². The molecule has 0 aromatic carbocycles. The number of piperidine rings is 1. The van der Waals surface area contributed by atoms with Crippen LogP contribution in [0.4, 0.5) is 0 Å². The molecule has 7 heteroatoms. The van der Waals surface area contributed by atoms with Crippen molar-refractivity contribution in [1.82, 2.24) is 5.32 Å². The SMILES string of the molecule is CC(=O)OC1N[C@H](CN)[C@H](N)[C@H](N)[C@H]1N. The number of ether oxygens (including phenoxy) is 1. The molecule has 0 radical (unpaired) electrons. The standard InChI is InChI=1S/C8H19N5O2/c1-3(14)15-8-7(12)6(11)5(10)4(2-9)13-8/h4-8,13H,2,9-12H2,1H3/t4-,5+,6+,7-,8?/m1/s1. The molecule has 0 spiro atoms. The Kier molecular flexibility index (Phi) is 4.00. The highest BCUT2D eigenvalue weighted by molar-refractivity contribution is 5.66. The molecule has 1 unspecified atom stereocenters. The lowest BCUT2D eigenvalue weighted by Crippen LogP contribution is -2.74. The highest BCUT2D eigenvalue weighted by atomic mass is 16.6. The zero-order valence-corrected chi connectivity index (χ0v) is 8.72. The van der Waals surface area contributed by atoms with Gasteiger partial charge in [0.15, 0.2) is 6.23 Å². The summed E-state index contributed by atoms with van der Waals surface area (Å²) >= 11 is 0. The van der Waals surface area contributed by atoms with E-state index in [1.54, 1.807) is 0 Å². The fourth-order valence-electron chi connectivity index (χ4n) is 1.68. The third-order valence-electron chi connectivity index (χ3n) is 2.63. The predicted octanol–water partition coefficient (Wildman–Crippen LogP) is -3.21. The molecule has 1 heterocycles. The molecular weight excluding hydrogens is 198 g/mol. The number of hydrogen-bond acceptors (Lipinski definition) is 7. The largest absolute Gasteiger partial charge is 0.445 e. The van der Waals surface area contributed by atoms with Gasteiger partial charge in [-0.05, 0) is 0 Å². The maximum Gasteiger partial charge on any atom is 0.304 e. The summed E-state index contributed by atoms with van der Waals surface area (Å²) in [5.74, 6) is -0.415. The molecule has 1 aliphatic rings.